The van der Waals surface area contributed by atoms with Crippen molar-refractivity contribution in [2.75, 3.05) is 0 Å². The molecule has 2 aromatic rings. The van der Waals surface area contributed by atoms with Gasteiger partial charge in [0.25, 0.3) is 0 Å². The summed E-state index contributed by atoms with van der Waals surface area (Å²) in [6.45, 7) is 3.29. The molecule has 0 saturated carbocycles. The largest absolute Gasteiger partial charge is 0.293 e. The Morgan fingerprint density at radius 3 is 2.19 bits per heavy atom. The van der Waals surface area contributed by atoms with Crippen LogP contribution in [-0.2, 0) is 9.84 Å². The Morgan fingerprint density at radius 2 is 1.62 bits per heavy atom. The SMILES string of the molecule is Cc1ccc(C(=O)C(C)S(=O)(=O)c2ccccc2Cl)cc1. The van der Waals surface area contributed by atoms with Gasteiger partial charge < -0.3 is 0 Å². The highest BCUT2D eigenvalue weighted by atomic mass is 35.5. The molecule has 0 aliphatic heterocycles. The van der Waals surface area contributed by atoms with Crippen molar-refractivity contribution in [3.05, 3.63) is 64.7 Å². The molecule has 1 unspecified atom stereocenters. The first-order chi connectivity index (χ1) is 9.84. The van der Waals surface area contributed by atoms with Crippen molar-refractivity contribution >= 4 is 27.2 Å². The van der Waals surface area contributed by atoms with Crippen LogP contribution in [0.15, 0.2) is 53.4 Å². The number of carbonyl (C=O) groups excluding carboxylic acids is 1. The molecule has 21 heavy (non-hydrogen) atoms. The van der Waals surface area contributed by atoms with Gasteiger partial charge in [-0.05, 0) is 26.0 Å². The molecule has 0 spiro atoms. The molecule has 0 bridgehead atoms. The van der Waals surface area contributed by atoms with Gasteiger partial charge in [-0.1, -0.05) is 53.6 Å². The third-order valence-electron chi connectivity index (χ3n) is 3.31. The molecular formula is C16H15ClO3S. The first-order valence-corrected chi connectivity index (χ1v) is 8.36. The van der Waals surface area contributed by atoms with Crippen molar-refractivity contribution < 1.29 is 13.2 Å². The maximum Gasteiger partial charge on any atom is 0.189 e. The van der Waals surface area contributed by atoms with Gasteiger partial charge in [-0.3, -0.25) is 4.79 Å². The van der Waals surface area contributed by atoms with E-state index < -0.39 is 20.9 Å². The molecule has 1 atom stereocenters. The molecule has 110 valence electrons. The number of carbonyl (C=O) groups is 1. The predicted molar refractivity (Wildman–Crippen MR) is 83.6 cm³/mol. The van der Waals surface area contributed by atoms with Crippen molar-refractivity contribution in [2.45, 2.75) is 24.0 Å². The molecule has 0 heterocycles. The van der Waals surface area contributed by atoms with Crippen molar-refractivity contribution in [2.24, 2.45) is 0 Å². The normalized spacial score (nSPS) is 12.9. The molecule has 5 heteroatoms. The molecule has 0 saturated heterocycles. The van der Waals surface area contributed by atoms with Gasteiger partial charge in [-0.2, -0.15) is 0 Å². The quantitative estimate of drug-likeness (QED) is 0.807. The van der Waals surface area contributed by atoms with E-state index in [-0.39, 0.29) is 9.92 Å². The van der Waals surface area contributed by atoms with E-state index in [1.54, 1.807) is 36.4 Å². The zero-order valence-corrected chi connectivity index (χ0v) is 13.3. The second-order valence-corrected chi connectivity index (χ2v) is 7.49. The Hall–Kier alpha value is -1.65. The van der Waals surface area contributed by atoms with Gasteiger partial charge in [0.05, 0.1) is 9.92 Å². The minimum atomic E-state index is -3.81. The summed E-state index contributed by atoms with van der Waals surface area (Å²) in [6.07, 6.45) is 0. The van der Waals surface area contributed by atoms with E-state index in [0.29, 0.717) is 5.56 Å². The summed E-state index contributed by atoms with van der Waals surface area (Å²) < 4.78 is 25.1. The standard InChI is InChI=1S/C16H15ClO3S/c1-11-7-9-13(10-8-11)16(18)12(2)21(19,20)15-6-4-3-5-14(15)17/h3-10,12H,1-2H3. The molecule has 2 rings (SSSR count). The Bertz CT molecular complexity index is 764. The Balaban J connectivity index is 2.39. The van der Waals surface area contributed by atoms with Crippen molar-refractivity contribution in [1.29, 1.82) is 0 Å². The van der Waals surface area contributed by atoms with E-state index in [1.165, 1.54) is 19.1 Å². The number of halogens is 1. The Kier molecular flexibility index (Phi) is 4.49. The average Bonchev–Trinajstić information content (AvgIpc) is 2.46. The minimum Gasteiger partial charge on any atom is -0.293 e. The van der Waals surface area contributed by atoms with Gasteiger partial charge in [0.15, 0.2) is 15.6 Å². The van der Waals surface area contributed by atoms with Crippen LogP contribution in [0.2, 0.25) is 5.02 Å². The molecule has 2 aromatic carbocycles. The molecule has 3 nitrogen and oxygen atoms in total. The third kappa shape index (κ3) is 3.17. The topological polar surface area (TPSA) is 51.2 Å². The van der Waals surface area contributed by atoms with E-state index in [4.69, 9.17) is 11.6 Å². The van der Waals surface area contributed by atoms with Crippen LogP contribution < -0.4 is 0 Å². The maximum atomic E-state index is 12.5. The highest BCUT2D eigenvalue weighted by molar-refractivity contribution is 7.93. The number of hydrogen-bond donors (Lipinski definition) is 0. The van der Waals surface area contributed by atoms with Crippen LogP contribution in [0.3, 0.4) is 0 Å². The summed E-state index contributed by atoms with van der Waals surface area (Å²) >= 11 is 5.93. The van der Waals surface area contributed by atoms with Crippen LogP contribution in [0.1, 0.15) is 22.8 Å². The molecule has 0 amide bonds. The van der Waals surface area contributed by atoms with Crippen molar-refractivity contribution in [3.8, 4) is 0 Å². The zero-order chi connectivity index (χ0) is 15.6. The van der Waals surface area contributed by atoms with E-state index in [9.17, 15) is 13.2 Å². The molecule has 0 aliphatic rings. The van der Waals surface area contributed by atoms with Gasteiger partial charge in [-0.15, -0.1) is 0 Å². The highest BCUT2D eigenvalue weighted by Gasteiger charge is 2.31. The number of Topliss-reactive ketones (excluding diaryl/α,β-unsaturated/α-hetero) is 1. The van der Waals surface area contributed by atoms with Crippen LogP contribution >= 0.6 is 11.6 Å². The van der Waals surface area contributed by atoms with Crippen molar-refractivity contribution in [1.82, 2.24) is 0 Å². The number of rotatable bonds is 4. The predicted octanol–water partition coefficient (Wildman–Crippen LogP) is 3.69. The zero-order valence-electron chi connectivity index (χ0n) is 11.7. The number of aryl methyl sites for hydroxylation is 1. The molecule has 0 aromatic heterocycles. The van der Waals surface area contributed by atoms with Gasteiger partial charge in [0.1, 0.15) is 5.25 Å². The first-order valence-electron chi connectivity index (χ1n) is 6.43. The lowest BCUT2D eigenvalue weighted by Gasteiger charge is -2.13. The second kappa shape index (κ2) is 6.00. The number of ketones is 1. The van der Waals surface area contributed by atoms with Gasteiger partial charge in [-0.25, -0.2) is 8.42 Å². The monoisotopic (exact) mass is 322 g/mol. The average molecular weight is 323 g/mol. The summed E-state index contributed by atoms with van der Waals surface area (Å²) in [5.74, 6) is -0.435. The van der Waals surface area contributed by atoms with Crippen LogP contribution in [0.4, 0.5) is 0 Å². The van der Waals surface area contributed by atoms with E-state index in [2.05, 4.69) is 0 Å². The minimum absolute atomic E-state index is 0.0142. The van der Waals surface area contributed by atoms with Crippen LogP contribution in [0.25, 0.3) is 0 Å². The summed E-state index contributed by atoms with van der Waals surface area (Å²) in [7, 11) is -3.81. The lowest BCUT2D eigenvalue weighted by atomic mass is 10.1. The molecule has 0 fully saturated rings. The Labute approximate surface area is 129 Å². The van der Waals surface area contributed by atoms with Crippen LogP contribution in [0.5, 0.6) is 0 Å². The number of benzene rings is 2. The smallest absolute Gasteiger partial charge is 0.189 e. The molecule has 0 aliphatic carbocycles. The fourth-order valence-corrected chi connectivity index (χ4v) is 3.82. The first kappa shape index (κ1) is 15.7. The van der Waals surface area contributed by atoms with Crippen molar-refractivity contribution in [3.63, 3.8) is 0 Å². The van der Waals surface area contributed by atoms with Crippen LogP contribution in [-0.4, -0.2) is 19.5 Å². The maximum absolute atomic E-state index is 12.5. The van der Waals surface area contributed by atoms with Gasteiger partial charge in [0, 0.05) is 5.56 Å². The fraction of sp³-hybridized carbons (Fsp3) is 0.188. The summed E-state index contributed by atoms with van der Waals surface area (Å²) in [4.78, 5) is 12.4. The van der Waals surface area contributed by atoms with Gasteiger partial charge in [0.2, 0.25) is 0 Å². The summed E-state index contributed by atoms with van der Waals surface area (Å²) in [5.41, 5.74) is 1.39. The lowest BCUT2D eigenvalue weighted by molar-refractivity contribution is 0.0991. The van der Waals surface area contributed by atoms with Gasteiger partial charge >= 0.3 is 0 Å². The van der Waals surface area contributed by atoms with Crippen LogP contribution in [0, 0.1) is 6.92 Å². The summed E-state index contributed by atoms with van der Waals surface area (Å²) in [5, 5.41) is -1.05. The third-order valence-corrected chi connectivity index (χ3v) is 5.87. The second-order valence-electron chi connectivity index (χ2n) is 4.85. The van der Waals surface area contributed by atoms with E-state index in [1.807, 2.05) is 6.92 Å². The molecule has 0 N–H and O–H groups in total. The molecule has 0 radical (unpaired) electrons. The van der Waals surface area contributed by atoms with E-state index >= 15 is 0 Å². The number of hydrogen-bond acceptors (Lipinski definition) is 3. The Morgan fingerprint density at radius 1 is 1.05 bits per heavy atom. The molecular weight excluding hydrogens is 308 g/mol. The summed E-state index contributed by atoms with van der Waals surface area (Å²) in [6, 6.07) is 13.0. The highest BCUT2D eigenvalue weighted by Crippen LogP contribution is 2.26. The van der Waals surface area contributed by atoms with E-state index in [0.717, 1.165) is 5.56 Å². The lowest BCUT2D eigenvalue weighted by Crippen LogP contribution is -2.27. The number of sulfone groups is 1. The fourth-order valence-electron chi connectivity index (χ4n) is 1.96.